The molecule has 0 aromatic heterocycles. The van der Waals surface area contributed by atoms with Crippen LogP contribution in [0.4, 0.5) is 0 Å². The topological polar surface area (TPSA) is 74.0 Å². The van der Waals surface area contributed by atoms with Gasteiger partial charge in [-0.3, -0.25) is 4.79 Å². The van der Waals surface area contributed by atoms with Crippen molar-refractivity contribution in [1.82, 2.24) is 0 Å². The fourth-order valence-electron chi connectivity index (χ4n) is 2.68. The van der Waals surface area contributed by atoms with Crippen LogP contribution in [0.25, 0.3) is 0 Å². The molecule has 2 atom stereocenters. The van der Waals surface area contributed by atoms with Crippen LogP contribution in [-0.4, -0.2) is 30.6 Å². The lowest BCUT2D eigenvalue weighted by molar-refractivity contribution is -0.806. The Morgan fingerprint density at radius 3 is 2.95 bits per heavy atom. The molecule has 2 unspecified atom stereocenters. The number of ether oxygens (including phenoxy) is 1. The lowest BCUT2D eigenvalue weighted by atomic mass is 9.76. The summed E-state index contributed by atoms with van der Waals surface area (Å²) >= 11 is 0. The highest BCUT2D eigenvalue weighted by molar-refractivity contribution is 6.05. The predicted octanol–water partition coefficient (Wildman–Crippen LogP) is 0.0768. The summed E-state index contributed by atoms with van der Waals surface area (Å²) in [4.78, 5) is 12.8. The molecule has 0 fully saturated rings. The highest BCUT2D eigenvalue weighted by Gasteiger charge is 2.50. The third kappa shape index (κ3) is 1.79. The highest BCUT2D eigenvalue weighted by atomic mass is 16.5. The molecule has 104 valence electrons. The van der Waals surface area contributed by atoms with E-state index in [2.05, 4.69) is 0 Å². The first-order valence-electron chi connectivity index (χ1n) is 6.47. The van der Waals surface area contributed by atoms with E-state index in [1.807, 2.05) is 0 Å². The van der Waals surface area contributed by atoms with Crippen molar-refractivity contribution in [3.05, 3.63) is 59.0 Å². The summed E-state index contributed by atoms with van der Waals surface area (Å²) in [6.45, 7) is -0.196. The molecule has 5 heteroatoms. The summed E-state index contributed by atoms with van der Waals surface area (Å²) in [5.74, 6) is 0.248. The third-order valence-electron chi connectivity index (χ3n) is 3.83. The fraction of sp³-hybridized carbons (Fsp3) is 0.267. The van der Waals surface area contributed by atoms with Crippen LogP contribution in [0.1, 0.15) is 10.4 Å². The molecule has 0 amide bonds. The molecule has 0 saturated heterocycles. The number of hydrogen-bond acceptors (Lipinski definition) is 4. The van der Waals surface area contributed by atoms with Crippen molar-refractivity contribution in [2.45, 2.75) is 0 Å². The van der Waals surface area contributed by atoms with Gasteiger partial charge in [-0.05, 0) is 24.3 Å². The molecular weight excluding hydrogens is 258 g/mol. The van der Waals surface area contributed by atoms with Crippen LogP contribution in [0.2, 0.25) is 0 Å². The second kappa shape index (κ2) is 4.86. The Kier molecular flexibility index (Phi) is 3.17. The lowest BCUT2D eigenvalue weighted by Gasteiger charge is -2.40. The summed E-state index contributed by atoms with van der Waals surface area (Å²) < 4.78 is 5.60. The van der Waals surface area contributed by atoms with E-state index >= 15 is 0 Å². The number of benzene rings is 1. The van der Waals surface area contributed by atoms with E-state index in [1.165, 1.54) is 0 Å². The van der Waals surface area contributed by atoms with Gasteiger partial charge >= 0.3 is 0 Å². The van der Waals surface area contributed by atoms with Crippen LogP contribution in [0.15, 0.2) is 48.2 Å². The molecule has 5 nitrogen and oxygen atoms in total. The quantitative estimate of drug-likeness (QED) is 0.748. The number of rotatable bonds is 2. The van der Waals surface area contributed by atoms with Gasteiger partial charge in [-0.25, -0.2) is 0 Å². The highest BCUT2D eigenvalue weighted by Crippen LogP contribution is 2.37. The SMILES string of the molecule is O=C1c2ccccc2OCC1(CO)C1=CC=CC[NH+]1[O-]. The predicted molar refractivity (Wildman–Crippen MR) is 72.2 cm³/mol. The fourth-order valence-corrected chi connectivity index (χ4v) is 2.68. The number of hydroxylamine groups is 2. The minimum atomic E-state index is -1.28. The van der Waals surface area contributed by atoms with Gasteiger partial charge in [0.2, 0.25) is 0 Å². The first-order chi connectivity index (χ1) is 9.69. The number of hydrogen-bond donors (Lipinski definition) is 2. The first-order valence-corrected chi connectivity index (χ1v) is 6.47. The van der Waals surface area contributed by atoms with E-state index in [4.69, 9.17) is 4.74 Å². The summed E-state index contributed by atoms with van der Waals surface area (Å²) in [6.07, 6.45) is 5.08. The van der Waals surface area contributed by atoms with E-state index in [9.17, 15) is 15.1 Å². The van der Waals surface area contributed by atoms with Crippen LogP contribution >= 0.6 is 0 Å². The van der Waals surface area contributed by atoms with E-state index in [-0.39, 0.29) is 24.0 Å². The molecule has 0 bridgehead atoms. The number of nitrogens with one attached hydrogen (secondary N) is 1. The number of allylic oxidation sites excluding steroid dienone is 2. The number of quaternary nitrogens is 1. The molecule has 0 aliphatic carbocycles. The van der Waals surface area contributed by atoms with Crippen molar-refractivity contribution < 1.29 is 19.7 Å². The number of carbonyl (C=O) groups is 1. The normalized spacial score (nSPS) is 28.6. The van der Waals surface area contributed by atoms with Crippen LogP contribution in [0, 0.1) is 10.6 Å². The molecule has 2 N–H and O–H groups in total. The van der Waals surface area contributed by atoms with Crippen molar-refractivity contribution in [3.8, 4) is 5.75 Å². The summed E-state index contributed by atoms with van der Waals surface area (Å²) in [7, 11) is 0. The Labute approximate surface area is 116 Å². The van der Waals surface area contributed by atoms with Gasteiger partial charge in [-0.1, -0.05) is 18.2 Å². The lowest BCUT2D eigenvalue weighted by Crippen LogP contribution is -3.07. The van der Waals surface area contributed by atoms with Gasteiger partial charge in [0.1, 0.15) is 24.6 Å². The second-order valence-electron chi connectivity index (χ2n) is 4.99. The monoisotopic (exact) mass is 273 g/mol. The van der Waals surface area contributed by atoms with Crippen LogP contribution in [0.5, 0.6) is 5.75 Å². The minimum absolute atomic E-state index is 0.00917. The number of aliphatic hydroxyl groups is 1. The van der Waals surface area contributed by atoms with Gasteiger partial charge in [0, 0.05) is 0 Å². The van der Waals surface area contributed by atoms with Crippen LogP contribution in [0.3, 0.4) is 0 Å². The van der Waals surface area contributed by atoms with Crippen molar-refractivity contribution >= 4 is 5.78 Å². The third-order valence-corrected chi connectivity index (χ3v) is 3.83. The maximum Gasteiger partial charge on any atom is 0.188 e. The van der Waals surface area contributed by atoms with E-state index in [0.29, 0.717) is 17.0 Å². The van der Waals surface area contributed by atoms with E-state index in [1.54, 1.807) is 42.5 Å². The standard InChI is InChI=1S/C15H15NO4/c17-9-15(13-7-3-4-8-16(13)19)10-20-12-6-2-1-5-11(12)14(15)18/h1-7,16-17H,8-10H2. The van der Waals surface area contributed by atoms with Gasteiger partial charge in [-0.15, -0.1) is 0 Å². The number of Topliss-reactive ketones (excluding diaryl/α,β-unsaturated/α-hetero) is 1. The van der Waals surface area contributed by atoms with Crippen LogP contribution in [-0.2, 0) is 0 Å². The maximum absolute atomic E-state index is 12.8. The zero-order chi connectivity index (χ0) is 14.2. The molecule has 2 heterocycles. The number of ketones is 1. The van der Waals surface area contributed by atoms with Crippen molar-refractivity contribution in [2.75, 3.05) is 19.8 Å². The Morgan fingerprint density at radius 1 is 1.40 bits per heavy atom. The summed E-state index contributed by atoms with van der Waals surface area (Å²) in [5.41, 5.74) is -0.533. The van der Waals surface area contributed by atoms with Crippen LogP contribution < -0.4 is 9.80 Å². The Bertz CT molecular complexity index is 608. The molecule has 2 aliphatic heterocycles. The maximum atomic E-state index is 12.8. The molecule has 1 aromatic carbocycles. The zero-order valence-electron chi connectivity index (χ0n) is 10.8. The van der Waals surface area contributed by atoms with Gasteiger partial charge in [0.15, 0.2) is 11.2 Å². The zero-order valence-corrected chi connectivity index (χ0v) is 10.8. The number of fused-ring (bicyclic) bond motifs is 1. The molecule has 0 saturated carbocycles. The second-order valence-corrected chi connectivity index (χ2v) is 4.99. The average Bonchev–Trinajstić information content (AvgIpc) is 2.49. The number of aliphatic hydroxyl groups excluding tert-OH is 1. The molecular formula is C15H15NO4. The molecule has 0 spiro atoms. The van der Waals surface area contributed by atoms with E-state index < -0.39 is 12.0 Å². The van der Waals surface area contributed by atoms with Crippen molar-refractivity contribution in [3.63, 3.8) is 0 Å². The average molecular weight is 273 g/mol. The van der Waals surface area contributed by atoms with Gasteiger partial charge < -0.3 is 20.1 Å². The Balaban J connectivity index is 2.09. The minimum Gasteiger partial charge on any atom is -0.629 e. The van der Waals surface area contributed by atoms with Crippen molar-refractivity contribution in [2.24, 2.45) is 5.41 Å². The molecule has 1 aromatic rings. The van der Waals surface area contributed by atoms with Gasteiger partial charge in [0.25, 0.3) is 0 Å². The first kappa shape index (κ1) is 13.1. The molecule has 20 heavy (non-hydrogen) atoms. The molecule has 3 rings (SSSR count). The van der Waals surface area contributed by atoms with Gasteiger partial charge in [0.05, 0.1) is 12.2 Å². The number of para-hydroxylation sites is 1. The summed E-state index contributed by atoms with van der Waals surface area (Å²) in [6, 6.07) is 6.90. The van der Waals surface area contributed by atoms with E-state index in [0.717, 1.165) is 0 Å². The largest absolute Gasteiger partial charge is 0.629 e. The van der Waals surface area contributed by atoms with Gasteiger partial charge in [-0.2, -0.15) is 0 Å². The number of carbonyl (C=O) groups excluding carboxylic acids is 1. The summed E-state index contributed by atoms with van der Waals surface area (Å²) in [5, 5.41) is 21.7. The Morgan fingerprint density at radius 2 is 2.20 bits per heavy atom. The Hall–Kier alpha value is -1.95. The smallest absolute Gasteiger partial charge is 0.188 e. The van der Waals surface area contributed by atoms with Crippen molar-refractivity contribution in [1.29, 1.82) is 0 Å². The molecule has 0 radical (unpaired) electrons. The molecule has 2 aliphatic rings.